The summed E-state index contributed by atoms with van der Waals surface area (Å²) in [6.07, 6.45) is 4.84. The lowest BCUT2D eigenvalue weighted by molar-refractivity contribution is -0.122. The summed E-state index contributed by atoms with van der Waals surface area (Å²) < 4.78 is 8.08. The molecule has 0 spiro atoms. The van der Waals surface area contributed by atoms with Gasteiger partial charge in [0.05, 0.1) is 17.6 Å². The summed E-state index contributed by atoms with van der Waals surface area (Å²) in [5.41, 5.74) is 2.18. The third-order valence-corrected chi connectivity index (χ3v) is 5.12. The first kappa shape index (κ1) is 18.5. The van der Waals surface area contributed by atoms with Crippen molar-refractivity contribution < 1.29 is 9.53 Å². The average Bonchev–Trinajstić information content (AvgIpc) is 3.52. The van der Waals surface area contributed by atoms with E-state index in [0.29, 0.717) is 13.2 Å². The Morgan fingerprint density at radius 3 is 2.68 bits per heavy atom. The van der Waals surface area contributed by atoms with Gasteiger partial charge in [-0.3, -0.25) is 4.79 Å². The second-order valence-corrected chi connectivity index (χ2v) is 7.35. The largest absolute Gasteiger partial charge is 0.494 e. The summed E-state index contributed by atoms with van der Waals surface area (Å²) in [5.74, 6) is 2.41. The van der Waals surface area contributed by atoms with Gasteiger partial charge in [-0.25, -0.2) is 4.98 Å². The number of benzene rings is 2. The number of hydrogen-bond acceptors (Lipinski definition) is 3. The van der Waals surface area contributed by atoms with E-state index in [1.807, 2.05) is 36.4 Å². The summed E-state index contributed by atoms with van der Waals surface area (Å²) in [6.45, 7) is 2.27. The van der Waals surface area contributed by atoms with Crippen LogP contribution in [0.4, 0.5) is 0 Å². The van der Waals surface area contributed by atoms with Gasteiger partial charge in [-0.15, -0.1) is 0 Å². The second-order valence-electron chi connectivity index (χ2n) is 7.35. The highest BCUT2D eigenvalue weighted by Crippen LogP contribution is 2.28. The van der Waals surface area contributed by atoms with Gasteiger partial charge in [0.1, 0.15) is 11.6 Å². The van der Waals surface area contributed by atoms with Gasteiger partial charge in [0, 0.05) is 25.4 Å². The van der Waals surface area contributed by atoms with Crippen LogP contribution in [0.5, 0.6) is 5.75 Å². The normalized spacial score (nSPS) is 13.6. The molecule has 1 saturated carbocycles. The number of aromatic nitrogens is 2. The molecule has 1 aliphatic rings. The Kier molecular flexibility index (Phi) is 5.90. The number of para-hydroxylation sites is 3. The molecule has 2 aromatic carbocycles. The highest BCUT2D eigenvalue weighted by molar-refractivity contribution is 5.80. The van der Waals surface area contributed by atoms with Crippen LogP contribution in [0.3, 0.4) is 0 Å². The fourth-order valence-corrected chi connectivity index (χ4v) is 3.43. The summed E-state index contributed by atoms with van der Waals surface area (Å²) in [7, 11) is 0. The van der Waals surface area contributed by atoms with E-state index >= 15 is 0 Å². The lowest BCUT2D eigenvalue weighted by Crippen LogP contribution is -2.27. The van der Waals surface area contributed by atoms with Crippen LogP contribution in [0.25, 0.3) is 11.0 Å². The Labute approximate surface area is 165 Å². The SMILES string of the molecule is O=C(NCCc1nc2ccccc2n1CCCCOc1ccccc1)C1CC1. The molecule has 1 fully saturated rings. The van der Waals surface area contributed by atoms with E-state index in [9.17, 15) is 4.79 Å². The first-order valence-corrected chi connectivity index (χ1v) is 10.2. The maximum atomic E-state index is 11.9. The van der Waals surface area contributed by atoms with Crippen LogP contribution in [-0.2, 0) is 17.8 Å². The summed E-state index contributed by atoms with van der Waals surface area (Å²) in [6, 6.07) is 18.2. The van der Waals surface area contributed by atoms with E-state index in [-0.39, 0.29) is 11.8 Å². The minimum atomic E-state index is 0.195. The number of nitrogens with zero attached hydrogens (tertiary/aromatic N) is 2. The molecule has 1 amide bonds. The van der Waals surface area contributed by atoms with E-state index in [1.54, 1.807) is 0 Å². The van der Waals surface area contributed by atoms with Crippen molar-refractivity contribution >= 4 is 16.9 Å². The molecule has 0 unspecified atom stereocenters. The van der Waals surface area contributed by atoms with Gasteiger partial charge in [0.15, 0.2) is 0 Å². The molecule has 5 heteroatoms. The molecule has 1 heterocycles. The molecular weight excluding hydrogens is 350 g/mol. The number of amides is 1. The van der Waals surface area contributed by atoms with Crippen LogP contribution in [0.1, 0.15) is 31.5 Å². The smallest absolute Gasteiger partial charge is 0.223 e. The quantitative estimate of drug-likeness (QED) is 0.544. The standard InChI is InChI=1S/C23H27N3O2/c27-23(18-12-13-18)24-15-14-22-25-20-10-4-5-11-21(20)26(22)16-6-7-17-28-19-8-2-1-3-9-19/h1-5,8-11,18H,6-7,12-17H2,(H,24,27). The molecule has 0 bridgehead atoms. The Morgan fingerprint density at radius 1 is 1.07 bits per heavy atom. The summed E-state index contributed by atoms with van der Waals surface area (Å²) in [4.78, 5) is 16.7. The Hall–Kier alpha value is -2.82. The van der Waals surface area contributed by atoms with Crippen molar-refractivity contribution in [2.45, 2.75) is 38.6 Å². The maximum Gasteiger partial charge on any atom is 0.223 e. The minimum absolute atomic E-state index is 0.195. The molecular formula is C23H27N3O2. The average molecular weight is 377 g/mol. The van der Waals surface area contributed by atoms with E-state index in [2.05, 4.69) is 28.1 Å². The van der Waals surface area contributed by atoms with Crippen molar-refractivity contribution in [3.05, 3.63) is 60.4 Å². The van der Waals surface area contributed by atoms with Gasteiger partial charge in [-0.2, -0.15) is 0 Å². The molecule has 0 radical (unpaired) electrons. The zero-order valence-electron chi connectivity index (χ0n) is 16.1. The maximum absolute atomic E-state index is 11.9. The highest BCUT2D eigenvalue weighted by atomic mass is 16.5. The zero-order chi connectivity index (χ0) is 19.2. The molecule has 0 saturated heterocycles. The lowest BCUT2D eigenvalue weighted by atomic mass is 10.2. The summed E-state index contributed by atoms with van der Waals surface area (Å²) in [5, 5.41) is 3.05. The fourth-order valence-electron chi connectivity index (χ4n) is 3.43. The number of carbonyl (C=O) groups is 1. The van der Waals surface area contributed by atoms with Gasteiger partial charge >= 0.3 is 0 Å². The van der Waals surface area contributed by atoms with E-state index in [0.717, 1.165) is 61.3 Å². The van der Waals surface area contributed by atoms with Gasteiger partial charge < -0.3 is 14.6 Å². The number of nitrogens with one attached hydrogen (secondary N) is 1. The number of aryl methyl sites for hydroxylation is 1. The molecule has 28 heavy (non-hydrogen) atoms. The predicted octanol–water partition coefficient (Wildman–Crippen LogP) is 3.96. The van der Waals surface area contributed by atoms with Crippen molar-refractivity contribution in [1.82, 2.24) is 14.9 Å². The first-order chi connectivity index (χ1) is 13.8. The first-order valence-electron chi connectivity index (χ1n) is 10.2. The Morgan fingerprint density at radius 2 is 1.86 bits per heavy atom. The van der Waals surface area contributed by atoms with Gasteiger partial charge in [-0.05, 0) is 49.9 Å². The Bertz CT molecular complexity index is 916. The number of ether oxygens (including phenoxy) is 1. The number of rotatable bonds is 10. The molecule has 0 atom stereocenters. The number of imidazole rings is 1. The second kappa shape index (κ2) is 8.91. The molecule has 1 aliphatic carbocycles. The third kappa shape index (κ3) is 4.71. The van der Waals surface area contributed by atoms with Gasteiger partial charge in [0.25, 0.3) is 0 Å². The highest BCUT2D eigenvalue weighted by Gasteiger charge is 2.29. The van der Waals surface area contributed by atoms with Crippen molar-refractivity contribution in [2.75, 3.05) is 13.2 Å². The van der Waals surface area contributed by atoms with Crippen LogP contribution in [-0.4, -0.2) is 28.6 Å². The van der Waals surface area contributed by atoms with Crippen LogP contribution in [0.2, 0.25) is 0 Å². The molecule has 5 nitrogen and oxygen atoms in total. The molecule has 146 valence electrons. The van der Waals surface area contributed by atoms with Gasteiger partial charge in [-0.1, -0.05) is 30.3 Å². The summed E-state index contributed by atoms with van der Waals surface area (Å²) >= 11 is 0. The zero-order valence-corrected chi connectivity index (χ0v) is 16.1. The van der Waals surface area contributed by atoms with Crippen LogP contribution in [0.15, 0.2) is 54.6 Å². The fraction of sp³-hybridized carbons (Fsp3) is 0.391. The number of hydrogen-bond donors (Lipinski definition) is 1. The lowest BCUT2D eigenvalue weighted by Gasteiger charge is -2.11. The van der Waals surface area contributed by atoms with Crippen molar-refractivity contribution in [1.29, 1.82) is 0 Å². The molecule has 1 aromatic heterocycles. The van der Waals surface area contributed by atoms with E-state index < -0.39 is 0 Å². The van der Waals surface area contributed by atoms with Crippen molar-refractivity contribution in [3.63, 3.8) is 0 Å². The van der Waals surface area contributed by atoms with Crippen molar-refractivity contribution in [3.8, 4) is 5.75 Å². The molecule has 0 aliphatic heterocycles. The van der Waals surface area contributed by atoms with Crippen LogP contribution >= 0.6 is 0 Å². The monoisotopic (exact) mass is 377 g/mol. The van der Waals surface area contributed by atoms with Gasteiger partial charge in [0.2, 0.25) is 5.91 Å². The Balaban J connectivity index is 1.32. The van der Waals surface area contributed by atoms with Crippen LogP contribution < -0.4 is 10.1 Å². The molecule has 1 N–H and O–H groups in total. The minimum Gasteiger partial charge on any atom is -0.494 e. The third-order valence-electron chi connectivity index (χ3n) is 5.12. The number of unbranched alkanes of at least 4 members (excludes halogenated alkanes) is 1. The van der Waals surface area contributed by atoms with E-state index in [4.69, 9.17) is 9.72 Å². The molecule has 3 aromatic rings. The topological polar surface area (TPSA) is 56.2 Å². The number of fused-ring (bicyclic) bond motifs is 1. The van der Waals surface area contributed by atoms with Crippen molar-refractivity contribution in [2.24, 2.45) is 5.92 Å². The van der Waals surface area contributed by atoms with E-state index in [1.165, 1.54) is 0 Å². The molecule has 4 rings (SSSR count). The number of carbonyl (C=O) groups excluding carboxylic acids is 1. The predicted molar refractivity (Wildman–Crippen MR) is 110 cm³/mol. The van der Waals surface area contributed by atoms with Crippen LogP contribution in [0, 0.1) is 5.92 Å².